The molecule has 0 unspecified atom stereocenters. The lowest BCUT2D eigenvalue weighted by Crippen LogP contribution is -2.17. The van der Waals surface area contributed by atoms with Crippen LogP contribution < -0.4 is 5.73 Å². The van der Waals surface area contributed by atoms with Crippen LogP contribution in [0.5, 0.6) is 0 Å². The number of hydrogen-bond donors (Lipinski definition) is 2. The second kappa shape index (κ2) is 5.03. The zero-order valence-corrected chi connectivity index (χ0v) is 11.1. The van der Waals surface area contributed by atoms with Gasteiger partial charge in [-0.2, -0.15) is 8.42 Å². The summed E-state index contributed by atoms with van der Waals surface area (Å²) < 4.78 is 32.1. The molecule has 0 fully saturated rings. The Morgan fingerprint density at radius 2 is 1.85 bits per heavy atom. The van der Waals surface area contributed by atoms with E-state index in [0.29, 0.717) is 17.1 Å². The van der Waals surface area contributed by atoms with Gasteiger partial charge < -0.3 is 5.73 Å². The highest BCUT2D eigenvalue weighted by atomic mass is 32.2. The van der Waals surface area contributed by atoms with Crippen molar-refractivity contribution in [2.24, 2.45) is 5.73 Å². The molecule has 0 atom stereocenters. The fourth-order valence-electron chi connectivity index (χ4n) is 2.12. The van der Waals surface area contributed by atoms with E-state index >= 15 is 0 Å². The van der Waals surface area contributed by atoms with Gasteiger partial charge >= 0.3 is 0 Å². The third-order valence-corrected chi connectivity index (χ3v) is 3.82. The molecule has 0 aromatic heterocycles. The Labute approximate surface area is 114 Å². The lowest BCUT2D eigenvalue weighted by molar-refractivity contribution is -0.117. The van der Waals surface area contributed by atoms with Crippen molar-refractivity contribution >= 4 is 33.1 Å². The van der Waals surface area contributed by atoms with Gasteiger partial charge in [0, 0.05) is 5.56 Å². The number of fused-ring (bicyclic) bond motifs is 1. The molecule has 2 rings (SSSR count). The molecule has 0 saturated carbocycles. The Kier molecular flexibility index (Phi) is 3.56. The molecular weight excluding hydrogens is 282 g/mol. The monoisotopic (exact) mass is 293 g/mol. The van der Waals surface area contributed by atoms with E-state index in [0.717, 1.165) is 6.07 Å². The minimum absolute atomic E-state index is 0.0844. The lowest BCUT2D eigenvalue weighted by Gasteiger charge is -2.11. The molecule has 2 aromatic rings. The smallest absolute Gasteiger partial charge is 0.294 e. The molecule has 0 saturated heterocycles. The van der Waals surface area contributed by atoms with Crippen LogP contribution in [0.25, 0.3) is 10.8 Å². The molecule has 0 heterocycles. The van der Waals surface area contributed by atoms with Crippen LogP contribution >= 0.6 is 0 Å². The molecule has 1 amide bonds. The quantitative estimate of drug-likeness (QED) is 0.642. The largest absolute Gasteiger partial charge is 0.369 e. The molecule has 3 N–H and O–H groups in total. The number of amides is 1. The Hall–Kier alpha value is -2.25. The number of hydrogen-bond acceptors (Lipinski definition) is 4. The van der Waals surface area contributed by atoms with Crippen LogP contribution in [0.15, 0.2) is 35.2 Å². The number of primary amides is 1. The number of benzene rings is 2. The second-order valence-corrected chi connectivity index (χ2v) is 5.61. The highest BCUT2D eigenvalue weighted by Crippen LogP contribution is 2.29. The number of rotatable bonds is 4. The summed E-state index contributed by atoms with van der Waals surface area (Å²) >= 11 is 0. The Morgan fingerprint density at radius 3 is 2.35 bits per heavy atom. The number of nitrogens with two attached hydrogens (primary N) is 1. The first-order valence-electron chi connectivity index (χ1n) is 5.60. The maximum Gasteiger partial charge on any atom is 0.294 e. The average molecular weight is 293 g/mol. The van der Waals surface area contributed by atoms with Crippen molar-refractivity contribution in [2.45, 2.75) is 11.3 Å². The average Bonchev–Trinajstić information content (AvgIpc) is 2.37. The van der Waals surface area contributed by atoms with E-state index in [1.807, 2.05) is 0 Å². The first-order chi connectivity index (χ1) is 9.34. The van der Waals surface area contributed by atoms with E-state index in [-0.39, 0.29) is 17.5 Å². The molecule has 7 heteroatoms. The fourth-order valence-corrected chi connectivity index (χ4v) is 2.89. The normalized spacial score (nSPS) is 11.4. The Bertz CT molecular complexity index is 811. The lowest BCUT2D eigenvalue weighted by atomic mass is 9.98. The van der Waals surface area contributed by atoms with Crippen molar-refractivity contribution in [3.8, 4) is 0 Å². The minimum atomic E-state index is -4.57. The van der Waals surface area contributed by atoms with Crippen LogP contribution in [0.1, 0.15) is 15.9 Å². The first kappa shape index (κ1) is 14.2. The van der Waals surface area contributed by atoms with E-state index in [2.05, 4.69) is 0 Å². The van der Waals surface area contributed by atoms with E-state index in [4.69, 9.17) is 5.73 Å². The summed E-state index contributed by atoms with van der Waals surface area (Å²) in [5, 5.41) is 0.884. The fraction of sp³-hybridized carbons (Fsp3) is 0.0769. The molecule has 0 bridgehead atoms. The molecular formula is C13H11NO5S. The van der Waals surface area contributed by atoms with Gasteiger partial charge in [-0.3, -0.25) is 14.1 Å². The van der Waals surface area contributed by atoms with Crippen molar-refractivity contribution < 1.29 is 22.6 Å². The van der Waals surface area contributed by atoms with Crippen LogP contribution in [0, 0.1) is 0 Å². The van der Waals surface area contributed by atoms with Crippen molar-refractivity contribution in [3.63, 3.8) is 0 Å². The van der Waals surface area contributed by atoms with E-state index in [9.17, 15) is 22.6 Å². The van der Waals surface area contributed by atoms with Crippen molar-refractivity contribution in [2.75, 3.05) is 0 Å². The van der Waals surface area contributed by atoms with Gasteiger partial charge in [0.25, 0.3) is 10.1 Å². The summed E-state index contributed by atoms with van der Waals surface area (Å²) in [5.74, 6) is -0.737. The van der Waals surface area contributed by atoms with Gasteiger partial charge in [-0.1, -0.05) is 24.3 Å². The van der Waals surface area contributed by atoms with Gasteiger partial charge in [0.15, 0.2) is 6.29 Å². The molecule has 104 valence electrons. The number of carbonyl (C=O) groups is 2. The minimum Gasteiger partial charge on any atom is -0.369 e. The standard InChI is InChI=1S/C13H11NO5S/c14-13(16)6-11-10-4-2-1-3-9(10)8(7-15)5-12(11)20(17,18)19/h1-5,7H,6H2,(H2,14,16)(H,17,18,19). The second-order valence-electron chi connectivity index (χ2n) is 4.22. The van der Waals surface area contributed by atoms with E-state index in [1.54, 1.807) is 24.3 Å². The molecule has 0 aliphatic carbocycles. The highest BCUT2D eigenvalue weighted by molar-refractivity contribution is 7.85. The van der Waals surface area contributed by atoms with E-state index in [1.165, 1.54) is 0 Å². The van der Waals surface area contributed by atoms with Gasteiger partial charge in [0.05, 0.1) is 11.3 Å². The third kappa shape index (κ3) is 2.54. The van der Waals surface area contributed by atoms with Gasteiger partial charge in [0.2, 0.25) is 5.91 Å². The van der Waals surface area contributed by atoms with Crippen LogP contribution in [-0.4, -0.2) is 25.2 Å². The summed E-state index contributed by atoms with van der Waals surface area (Å²) in [7, 11) is -4.57. The number of aldehydes is 1. The molecule has 0 radical (unpaired) electrons. The summed E-state index contributed by atoms with van der Waals surface area (Å²) in [5.41, 5.74) is 5.31. The number of carbonyl (C=O) groups excluding carboxylic acids is 2. The molecule has 6 nitrogen and oxygen atoms in total. The van der Waals surface area contributed by atoms with Gasteiger partial charge in [-0.05, 0) is 22.4 Å². The van der Waals surface area contributed by atoms with Crippen LogP contribution in [-0.2, 0) is 21.3 Å². The van der Waals surface area contributed by atoms with Crippen LogP contribution in [0.4, 0.5) is 0 Å². The third-order valence-electron chi connectivity index (χ3n) is 2.90. The molecule has 0 spiro atoms. The highest BCUT2D eigenvalue weighted by Gasteiger charge is 2.21. The summed E-state index contributed by atoms with van der Waals surface area (Å²) in [6.45, 7) is 0. The molecule has 2 aromatic carbocycles. The zero-order valence-electron chi connectivity index (χ0n) is 10.2. The van der Waals surface area contributed by atoms with Gasteiger partial charge in [-0.25, -0.2) is 0 Å². The Morgan fingerprint density at radius 1 is 1.25 bits per heavy atom. The summed E-state index contributed by atoms with van der Waals surface area (Å²) in [6.07, 6.45) is 0.139. The predicted molar refractivity (Wildman–Crippen MR) is 72.0 cm³/mol. The van der Waals surface area contributed by atoms with Crippen molar-refractivity contribution in [3.05, 3.63) is 41.5 Å². The molecule has 0 aliphatic heterocycles. The maximum atomic E-state index is 11.4. The van der Waals surface area contributed by atoms with Crippen LogP contribution in [0.2, 0.25) is 0 Å². The summed E-state index contributed by atoms with van der Waals surface area (Å²) in [6, 6.07) is 7.54. The topological polar surface area (TPSA) is 115 Å². The van der Waals surface area contributed by atoms with Gasteiger partial charge in [0.1, 0.15) is 0 Å². The SMILES string of the molecule is NC(=O)Cc1c(S(=O)(=O)O)cc(C=O)c2ccccc12. The Balaban J connectivity index is 2.97. The van der Waals surface area contributed by atoms with E-state index < -0.39 is 20.9 Å². The first-order valence-corrected chi connectivity index (χ1v) is 7.04. The van der Waals surface area contributed by atoms with Gasteiger partial charge in [-0.15, -0.1) is 0 Å². The molecule has 0 aliphatic rings. The maximum absolute atomic E-state index is 11.4. The van der Waals surface area contributed by atoms with Crippen molar-refractivity contribution in [1.82, 2.24) is 0 Å². The zero-order chi connectivity index (χ0) is 14.9. The van der Waals surface area contributed by atoms with Crippen molar-refractivity contribution in [1.29, 1.82) is 0 Å². The van der Waals surface area contributed by atoms with Crippen LogP contribution in [0.3, 0.4) is 0 Å². The summed E-state index contributed by atoms with van der Waals surface area (Å²) in [4.78, 5) is 21.7. The molecule has 20 heavy (non-hydrogen) atoms. The predicted octanol–water partition coefficient (Wildman–Crippen LogP) is 0.927.